The van der Waals surface area contributed by atoms with Crippen LogP contribution >= 0.6 is 11.8 Å². The molecule has 1 aliphatic heterocycles. The quantitative estimate of drug-likeness (QED) is 0.608. The summed E-state index contributed by atoms with van der Waals surface area (Å²) in [5, 5.41) is 0.564. The summed E-state index contributed by atoms with van der Waals surface area (Å²) in [6.07, 6.45) is 3.50. The lowest BCUT2D eigenvalue weighted by Gasteiger charge is -2.17. The fraction of sp³-hybridized carbons (Fsp3) is 0.0526. The molecule has 24 heavy (non-hydrogen) atoms. The second-order valence-electron chi connectivity index (χ2n) is 5.05. The summed E-state index contributed by atoms with van der Waals surface area (Å²) in [6.45, 7) is 3.69. The molecule has 1 heterocycles. The van der Waals surface area contributed by atoms with Crippen molar-refractivity contribution in [3.05, 3.63) is 84.3 Å². The van der Waals surface area contributed by atoms with Crippen LogP contribution in [0.4, 0.5) is 10.1 Å². The Labute approximate surface area is 144 Å². The number of amidine groups is 1. The van der Waals surface area contributed by atoms with Gasteiger partial charge < -0.3 is 0 Å². The highest BCUT2D eigenvalue weighted by molar-refractivity contribution is 8.14. The Bertz CT molecular complexity index is 813. The van der Waals surface area contributed by atoms with Gasteiger partial charge in [0, 0.05) is 5.75 Å². The van der Waals surface area contributed by atoms with Crippen LogP contribution < -0.4 is 4.90 Å². The van der Waals surface area contributed by atoms with Gasteiger partial charge in [-0.1, -0.05) is 48.2 Å². The fourth-order valence-corrected chi connectivity index (χ4v) is 3.00. The van der Waals surface area contributed by atoms with Gasteiger partial charge >= 0.3 is 0 Å². The summed E-state index contributed by atoms with van der Waals surface area (Å²) in [5.74, 6) is 0.0577. The van der Waals surface area contributed by atoms with Crippen LogP contribution in [0.1, 0.15) is 5.56 Å². The van der Waals surface area contributed by atoms with E-state index in [2.05, 4.69) is 11.6 Å². The molecule has 0 saturated heterocycles. The van der Waals surface area contributed by atoms with E-state index in [0.29, 0.717) is 22.3 Å². The molecule has 0 N–H and O–H groups in total. The predicted molar refractivity (Wildman–Crippen MR) is 98.4 cm³/mol. The lowest BCUT2D eigenvalue weighted by Crippen LogP contribution is -2.30. The zero-order valence-electron chi connectivity index (χ0n) is 12.9. The lowest BCUT2D eigenvalue weighted by molar-refractivity contribution is -0.113. The van der Waals surface area contributed by atoms with Gasteiger partial charge in [0.05, 0.1) is 5.69 Å². The number of amides is 1. The first-order valence-electron chi connectivity index (χ1n) is 7.38. The van der Waals surface area contributed by atoms with E-state index in [1.54, 1.807) is 24.3 Å². The van der Waals surface area contributed by atoms with E-state index in [0.717, 1.165) is 5.56 Å². The summed E-state index contributed by atoms with van der Waals surface area (Å²) < 4.78 is 13.2. The molecule has 1 amide bonds. The van der Waals surface area contributed by atoms with E-state index in [1.165, 1.54) is 28.8 Å². The molecule has 0 saturated carbocycles. The number of thioether (sulfide) groups is 1. The minimum absolute atomic E-state index is 0.225. The maximum atomic E-state index is 13.2. The number of hydrogen-bond donors (Lipinski definition) is 0. The number of benzene rings is 2. The minimum Gasteiger partial charge on any atom is -0.266 e. The van der Waals surface area contributed by atoms with Crippen molar-refractivity contribution < 1.29 is 9.18 Å². The predicted octanol–water partition coefficient (Wildman–Crippen LogP) is 4.49. The zero-order valence-corrected chi connectivity index (χ0v) is 13.7. The average molecular weight is 338 g/mol. The molecule has 0 fully saturated rings. The van der Waals surface area contributed by atoms with Crippen LogP contribution in [0, 0.1) is 5.82 Å². The van der Waals surface area contributed by atoms with Crippen LogP contribution in [0.15, 0.2) is 77.9 Å². The maximum absolute atomic E-state index is 13.2. The van der Waals surface area contributed by atoms with Crippen molar-refractivity contribution in [2.75, 3.05) is 10.7 Å². The molecule has 0 unspecified atom stereocenters. The third-order valence-corrected chi connectivity index (χ3v) is 4.28. The Morgan fingerprint density at radius 1 is 1.12 bits per heavy atom. The lowest BCUT2D eigenvalue weighted by atomic mass is 10.2. The monoisotopic (exact) mass is 338 g/mol. The normalized spacial score (nSPS) is 15.7. The Morgan fingerprint density at radius 3 is 2.50 bits per heavy atom. The molecule has 0 spiro atoms. The van der Waals surface area contributed by atoms with Gasteiger partial charge in [-0.25, -0.2) is 9.38 Å². The molecule has 2 aromatic carbocycles. The van der Waals surface area contributed by atoms with Gasteiger partial charge in [0.25, 0.3) is 5.91 Å². The number of aliphatic imine (C=N–C) groups is 1. The van der Waals surface area contributed by atoms with Crippen molar-refractivity contribution >= 4 is 34.6 Å². The van der Waals surface area contributed by atoms with Crippen molar-refractivity contribution in [3.63, 3.8) is 0 Å². The van der Waals surface area contributed by atoms with Crippen molar-refractivity contribution in [2.45, 2.75) is 0 Å². The number of halogens is 1. The Kier molecular flexibility index (Phi) is 4.91. The summed E-state index contributed by atoms with van der Waals surface area (Å²) in [5.41, 5.74) is 1.85. The third-order valence-electron chi connectivity index (χ3n) is 3.35. The molecular formula is C19H15FN2OS. The number of rotatable bonds is 4. The molecule has 3 rings (SSSR count). The van der Waals surface area contributed by atoms with E-state index >= 15 is 0 Å². The second-order valence-corrected chi connectivity index (χ2v) is 6.04. The molecule has 5 heteroatoms. The highest BCUT2D eigenvalue weighted by Gasteiger charge is 2.31. The van der Waals surface area contributed by atoms with Gasteiger partial charge in [-0.15, -0.1) is 6.58 Å². The first-order chi connectivity index (χ1) is 11.7. The number of nitrogens with zero attached hydrogens (tertiary/aromatic N) is 2. The average Bonchev–Trinajstić information content (AvgIpc) is 2.90. The van der Waals surface area contributed by atoms with Crippen molar-refractivity contribution in [3.8, 4) is 0 Å². The van der Waals surface area contributed by atoms with Gasteiger partial charge in [-0.2, -0.15) is 0 Å². The van der Waals surface area contributed by atoms with E-state index in [4.69, 9.17) is 0 Å². The molecule has 2 aromatic rings. The van der Waals surface area contributed by atoms with Gasteiger partial charge in [-0.05, 0) is 35.9 Å². The van der Waals surface area contributed by atoms with Crippen molar-refractivity contribution in [1.82, 2.24) is 0 Å². The molecule has 0 aliphatic carbocycles. The SMILES string of the molecule is C=CCSC1=N/C(=C\c2ccccc2)C(=O)N1c1ccc(F)cc1. The van der Waals surface area contributed by atoms with E-state index in [1.807, 2.05) is 30.3 Å². The van der Waals surface area contributed by atoms with Crippen molar-refractivity contribution in [2.24, 2.45) is 4.99 Å². The van der Waals surface area contributed by atoms with Crippen LogP contribution in [0.2, 0.25) is 0 Å². The maximum Gasteiger partial charge on any atom is 0.283 e. The Morgan fingerprint density at radius 2 is 1.83 bits per heavy atom. The fourth-order valence-electron chi connectivity index (χ4n) is 2.25. The number of hydrogen-bond acceptors (Lipinski definition) is 3. The number of carbonyl (C=O) groups is 1. The summed E-state index contributed by atoms with van der Waals surface area (Å²) >= 11 is 1.41. The molecule has 120 valence electrons. The van der Waals surface area contributed by atoms with Crippen LogP contribution in [-0.4, -0.2) is 16.8 Å². The second kappa shape index (κ2) is 7.27. The number of anilines is 1. The van der Waals surface area contributed by atoms with E-state index in [-0.39, 0.29) is 11.7 Å². The van der Waals surface area contributed by atoms with Crippen LogP contribution in [-0.2, 0) is 4.79 Å². The highest BCUT2D eigenvalue weighted by Crippen LogP contribution is 2.29. The Hall–Kier alpha value is -2.66. The molecule has 0 aromatic heterocycles. The molecule has 0 radical (unpaired) electrons. The largest absolute Gasteiger partial charge is 0.283 e. The first kappa shape index (κ1) is 16.2. The van der Waals surface area contributed by atoms with Gasteiger partial charge in [0.1, 0.15) is 11.5 Å². The van der Waals surface area contributed by atoms with Gasteiger partial charge in [0.2, 0.25) is 0 Å². The van der Waals surface area contributed by atoms with Gasteiger partial charge in [-0.3, -0.25) is 9.69 Å². The molecular weight excluding hydrogens is 323 g/mol. The van der Waals surface area contributed by atoms with E-state index in [9.17, 15) is 9.18 Å². The number of carbonyl (C=O) groups excluding carboxylic acids is 1. The smallest absolute Gasteiger partial charge is 0.266 e. The van der Waals surface area contributed by atoms with Crippen LogP contribution in [0.25, 0.3) is 6.08 Å². The highest BCUT2D eigenvalue weighted by atomic mass is 32.2. The third kappa shape index (κ3) is 3.46. The van der Waals surface area contributed by atoms with E-state index < -0.39 is 0 Å². The Balaban J connectivity index is 1.97. The summed E-state index contributed by atoms with van der Waals surface area (Å²) in [4.78, 5) is 18.7. The molecule has 1 aliphatic rings. The van der Waals surface area contributed by atoms with Crippen LogP contribution in [0.5, 0.6) is 0 Å². The topological polar surface area (TPSA) is 32.7 Å². The van der Waals surface area contributed by atoms with Crippen molar-refractivity contribution in [1.29, 1.82) is 0 Å². The molecule has 3 nitrogen and oxygen atoms in total. The first-order valence-corrected chi connectivity index (χ1v) is 8.37. The molecule has 0 bridgehead atoms. The van der Waals surface area contributed by atoms with Crippen LogP contribution in [0.3, 0.4) is 0 Å². The standard InChI is InChI=1S/C19H15FN2OS/c1-2-12-24-19-21-17(13-14-6-4-3-5-7-14)18(23)22(19)16-10-8-15(20)9-11-16/h2-11,13H,1,12H2/b17-13-. The summed E-state index contributed by atoms with van der Waals surface area (Å²) in [6, 6.07) is 15.3. The zero-order chi connectivity index (χ0) is 16.9. The molecule has 0 atom stereocenters. The van der Waals surface area contributed by atoms with Gasteiger partial charge in [0.15, 0.2) is 5.17 Å². The minimum atomic E-state index is -0.345. The summed E-state index contributed by atoms with van der Waals surface area (Å²) in [7, 11) is 0.